The molecule has 0 bridgehead atoms. The van der Waals surface area contributed by atoms with Gasteiger partial charge in [0.15, 0.2) is 0 Å². The number of nitrogens with one attached hydrogen (secondary N) is 2. The molecular formula is C21H24N4OS. The maximum absolute atomic E-state index is 12.5. The molecule has 1 aliphatic rings. The van der Waals surface area contributed by atoms with E-state index in [-0.39, 0.29) is 11.9 Å². The maximum Gasteiger partial charge on any atom is 0.251 e. The van der Waals surface area contributed by atoms with E-state index in [1.165, 1.54) is 0 Å². The van der Waals surface area contributed by atoms with Gasteiger partial charge < -0.3 is 15.0 Å². The molecule has 3 aromatic rings. The molecule has 0 spiro atoms. The van der Waals surface area contributed by atoms with Gasteiger partial charge in [-0.1, -0.05) is 13.0 Å². The summed E-state index contributed by atoms with van der Waals surface area (Å²) in [6.45, 7) is 4.08. The first kappa shape index (κ1) is 18.1. The number of nitrogens with zero attached hydrogens (tertiary/aromatic N) is 2. The van der Waals surface area contributed by atoms with E-state index in [1.54, 1.807) is 11.8 Å². The molecule has 0 saturated carbocycles. The predicted octanol–water partition coefficient (Wildman–Crippen LogP) is 3.35. The van der Waals surface area contributed by atoms with Crippen molar-refractivity contribution in [3.05, 3.63) is 66.1 Å². The third kappa shape index (κ3) is 4.34. The number of hydrogen-bond donors (Lipinski definition) is 2. The molecule has 2 N–H and O–H groups in total. The molecule has 0 radical (unpaired) electrons. The van der Waals surface area contributed by atoms with Crippen LogP contribution in [0, 0.1) is 5.92 Å². The smallest absolute Gasteiger partial charge is 0.251 e. The van der Waals surface area contributed by atoms with E-state index in [1.807, 2.05) is 53.1 Å². The van der Waals surface area contributed by atoms with Crippen LogP contribution in [0.4, 0.5) is 0 Å². The summed E-state index contributed by atoms with van der Waals surface area (Å²) in [5.41, 5.74) is 2.73. The summed E-state index contributed by atoms with van der Waals surface area (Å²) in [5, 5.41) is 6.50. The molecule has 1 saturated heterocycles. The number of carbonyl (C=O) groups is 1. The van der Waals surface area contributed by atoms with E-state index in [0.717, 1.165) is 41.5 Å². The van der Waals surface area contributed by atoms with Gasteiger partial charge >= 0.3 is 0 Å². The lowest BCUT2D eigenvalue weighted by molar-refractivity contribution is 0.0915. The van der Waals surface area contributed by atoms with Gasteiger partial charge in [-0.25, -0.2) is 4.98 Å². The fraction of sp³-hybridized carbons (Fsp3) is 0.333. The molecule has 4 rings (SSSR count). The molecular weight excluding hydrogens is 356 g/mol. The predicted molar refractivity (Wildman–Crippen MR) is 109 cm³/mol. The number of amides is 1. The Bertz CT molecular complexity index is 888. The second-order valence-electron chi connectivity index (χ2n) is 7.06. The van der Waals surface area contributed by atoms with Gasteiger partial charge in [0, 0.05) is 41.2 Å². The number of pyridine rings is 1. The van der Waals surface area contributed by atoms with E-state index in [4.69, 9.17) is 0 Å². The number of fused-ring (bicyclic) bond motifs is 1. The Morgan fingerprint density at radius 1 is 1.30 bits per heavy atom. The Kier molecular flexibility index (Phi) is 5.45. The average molecular weight is 381 g/mol. The van der Waals surface area contributed by atoms with Gasteiger partial charge in [0.05, 0.1) is 5.69 Å². The van der Waals surface area contributed by atoms with Crippen LogP contribution in [0.15, 0.2) is 59.8 Å². The van der Waals surface area contributed by atoms with Crippen LogP contribution in [0.5, 0.6) is 0 Å². The number of imidazole rings is 1. The number of carbonyl (C=O) groups excluding carboxylic acids is 1. The minimum Gasteiger partial charge on any atom is -0.348 e. The van der Waals surface area contributed by atoms with Gasteiger partial charge in [-0.2, -0.15) is 0 Å². The fourth-order valence-corrected chi connectivity index (χ4v) is 4.13. The first-order valence-corrected chi connectivity index (χ1v) is 10.3. The van der Waals surface area contributed by atoms with Crippen LogP contribution in [0.1, 0.15) is 29.4 Å². The van der Waals surface area contributed by atoms with Crippen molar-refractivity contribution in [2.75, 3.05) is 13.1 Å². The molecule has 0 aliphatic carbocycles. The Morgan fingerprint density at radius 3 is 2.93 bits per heavy atom. The minimum absolute atomic E-state index is 0.00690. The molecule has 27 heavy (non-hydrogen) atoms. The topological polar surface area (TPSA) is 58.4 Å². The lowest BCUT2D eigenvalue weighted by Gasteiger charge is -2.30. The van der Waals surface area contributed by atoms with Crippen LogP contribution in [0.2, 0.25) is 0 Å². The molecule has 1 fully saturated rings. The summed E-state index contributed by atoms with van der Waals surface area (Å²) in [5.74, 6) is 1.32. The molecule has 2 unspecified atom stereocenters. The summed E-state index contributed by atoms with van der Waals surface area (Å²) in [6, 6.07) is 14.0. The highest BCUT2D eigenvalue weighted by molar-refractivity contribution is 7.98. The third-order valence-electron chi connectivity index (χ3n) is 5.06. The first-order chi connectivity index (χ1) is 13.2. The maximum atomic E-state index is 12.5. The second kappa shape index (κ2) is 8.15. The molecule has 1 amide bonds. The Morgan fingerprint density at radius 2 is 2.15 bits per heavy atom. The number of aromatic nitrogens is 2. The summed E-state index contributed by atoms with van der Waals surface area (Å²) in [7, 11) is 0. The van der Waals surface area contributed by atoms with E-state index < -0.39 is 0 Å². The van der Waals surface area contributed by atoms with E-state index in [0.29, 0.717) is 11.5 Å². The summed E-state index contributed by atoms with van der Waals surface area (Å²) < 4.78 is 2.03. The molecule has 1 aromatic carbocycles. The van der Waals surface area contributed by atoms with Crippen LogP contribution < -0.4 is 10.6 Å². The molecule has 2 aromatic heterocycles. The molecule has 2 atom stereocenters. The molecule has 5 nitrogen and oxygen atoms in total. The van der Waals surface area contributed by atoms with E-state index in [2.05, 4.69) is 28.7 Å². The number of hydrogen-bond acceptors (Lipinski definition) is 4. The largest absolute Gasteiger partial charge is 0.348 e. The van der Waals surface area contributed by atoms with Crippen molar-refractivity contribution in [1.29, 1.82) is 0 Å². The SMILES string of the molecule is CC1CCNCC1NC(=O)c1ccc(SCc2cn3ccccc3n2)cc1. The van der Waals surface area contributed by atoms with Crippen molar-refractivity contribution >= 4 is 23.3 Å². The Hall–Kier alpha value is -2.31. The normalized spacial score (nSPS) is 19.9. The Balaban J connectivity index is 1.34. The van der Waals surface area contributed by atoms with Gasteiger partial charge in [-0.15, -0.1) is 11.8 Å². The molecule has 1 aliphatic heterocycles. The first-order valence-electron chi connectivity index (χ1n) is 9.36. The summed E-state index contributed by atoms with van der Waals surface area (Å²) in [6.07, 6.45) is 5.17. The number of rotatable bonds is 5. The second-order valence-corrected chi connectivity index (χ2v) is 8.11. The van der Waals surface area contributed by atoms with Crippen molar-refractivity contribution in [2.45, 2.75) is 30.0 Å². The lowest BCUT2D eigenvalue weighted by atomic mass is 9.94. The molecule has 140 valence electrons. The van der Waals surface area contributed by atoms with Gasteiger partial charge in [0.25, 0.3) is 5.91 Å². The number of thioether (sulfide) groups is 1. The van der Waals surface area contributed by atoms with Crippen molar-refractivity contribution < 1.29 is 4.79 Å². The van der Waals surface area contributed by atoms with Crippen LogP contribution in [-0.4, -0.2) is 34.4 Å². The third-order valence-corrected chi connectivity index (χ3v) is 6.11. The van der Waals surface area contributed by atoms with Crippen LogP contribution in [0.3, 0.4) is 0 Å². The van der Waals surface area contributed by atoms with E-state index in [9.17, 15) is 4.79 Å². The van der Waals surface area contributed by atoms with E-state index >= 15 is 0 Å². The number of benzene rings is 1. The highest BCUT2D eigenvalue weighted by atomic mass is 32.2. The monoisotopic (exact) mass is 380 g/mol. The fourth-order valence-electron chi connectivity index (χ4n) is 3.35. The van der Waals surface area contributed by atoms with Crippen molar-refractivity contribution in [3.63, 3.8) is 0 Å². The van der Waals surface area contributed by atoms with Crippen molar-refractivity contribution in [2.24, 2.45) is 5.92 Å². The summed E-state index contributed by atoms with van der Waals surface area (Å²) in [4.78, 5) is 18.2. The van der Waals surface area contributed by atoms with Gasteiger partial charge in [0.2, 0.25) is 0 Å². The van der Waals surface area contributed by atoms with Gasteiger partial charge in [-0.3, -0.25) is 4.79 Å². The van der Waals surface area contributed by atoms with Crippen molar-refractivity contribution in [1.82, 2.24) is 20.0 Å². The van der Waals surface area contributed by atoms with Crippen molar-refractivity contribution in [3.8, 4) is 0 Å². The van der Waals surface area contributed by atoms with Gasteiger partial charge in [0.1, 0.15) is 5.65 Å². The van der Waals surface area contributed by atoms with Gasteiger partial charge in [-0.05, 0) is 55.3 Å². The highest BCUT2D eigenvalue weighted by Gasteiger charge is 2.22. The Labute approximate surface area is 163 Å². The zero-order valence-corrected chi connectivity index (χ0v) is 16.2. The minimum atomic E-state index is 0.00690. The number of piperidine rings is 1. The standard InChI is InChI=1S/C21H24N4OS/c1-15-9-10-22-12-19(15)24-21(26)16-5-7-18(8-6-16)27-14-17-13-25-11-3-2-4-20(25)23-17/h2-8,11,13,15,19,22H,9-10,12,14H2,1H3,(H,24,26). The van der Waals surface area contributed by atoms with Crippen LogP contribution in [-0.2, 0) is 5.75 Å². The highest BCUT2D eigenvalue weighted by Crippen LogP contribution is 2.23. The van der Waals surface area contributed by atoms with Crippen LogP contribution >= 0.6 is 11.8 Å². The average Bonchev–Trinajstić information content (AvgIpc) is 3.11. The zero-order chi connectivity index (χ0) is 18.6. The van der Waals surface area contributed by atoms with Crippen LogP contribution in [0.25, 0.3) is 5.65 Å². The zero-order valence-electron chi connectivity index (χ0n) is 15.4. The summed E-state index contributed by atoms with van der Waals surface area (Å²) >= 11 is 1.73. The molecule has 3 heterocycles. The molecule has 6 heteroatoms. The lowest BCUT2D eigenvalue weighted by Crippen LogP contribution is -2.50. The quantitative estimate of drug-likeness (QED) is 0.667.